The van der Waals surface area contributed by atoms with Gasteiger partial charge in [0.05, 0.1) is 37.6 Å². The van der Waals surface area contributed by atoms with E-state index in [0.29, 0.717) is 54.6 Å². The molecule has 4 aliphatic rings. The minimum Gasteiger partial charge on any atom is -0.456 e. The second-order valence-corrected chi connectivity index (χ2v) is 12.0. The van der Waals surface area contributed by atoms with Crippen molar-refractivity contribution in [2.24, 2.45) is 0 Å². The van der Waals surface area contributed by atoms with E-state index in [-0.39, 0.29) is 0 Å². The first-order valence-electron chi connectivity index (χ1n) is 14.5. The summed E-state index contributed by atoms with van der Waals surface area (Å²) >= 11 is 0. The molecule has 42 heavy (non-hydrogen) atoms. The van der Waals surface area contributed by atoms with Crippen LogP contribution in [0.5, 0.6) is 11.5 Å². The Bertz CT molecular complexity index is 1500. The fourth-order valence-corrected chi connectivity index (χ4v) is 6.21. The van der Waals surface area contributed by atoms with Crippen molar-refractivity contribution in [3.8, 4) is 11.5 Å². The fourth-order valence-electron chi connectivity index (χ4n) is 6.21. The van der Waals surface area contributed by atoms with Gasteiger partial charge < -0.3 is 33.5 Å². The highest BCUT2D eigenvalue weighted by molar-refractivity contribution is 6.00. The summed E-state index contributed by atoms with van der Waals surface area (Å²) in [5.41, 5.74) is 2.94. The van der Waals surface area contributed by atoms with Crippen molar-refractivity contribution in [3.63, 3.8) is 0 Å². The number of anilines is 2. The van der Waals surface area contributed by atoms with Gasteiger partial charge in [-0.1, -0.05) is 6.07 Å². The van der Waals surface area contributed by atoms with Crippen molar-refractivity contribution >= 4 is 23.3 Å². The van der Waals surface area contributed by atoms with Crippen LogP contribution in [-0.2, 0) is 24.5 Å². The van der Waals surface area contributed by atoms with Crippen molar-refractivity contribution in [1.82, 2.24) is 0 Å². The van der Waals surface area contributed by atoms with Gasteiger partial charge in [0.2, 0.25) is 0 Å². The number of hydrogen-bond acceptors (Lipinski definition) is 9. The molecule has 0 aliphatic carbocycles. The van der Waals surface area contributed by atoms with E-state index in [2.05, 4.69) is 9.80 Å². The van der Waals surface area contributed by atoms with Gasteiger partial charge in [0.15, 0.2) is 5.60 Å². The number of rotatable bonds is 3. The number of nitrogens with zero attached hydrogens (tertiary/aromatic N) is 2. The highest BCUT2D eigenvalue weighted by Gasteiger charge is 2.54. The molecule has 7 rings (SSSR count). The maximum Gasteiger partial charge on any atom is 0.340 e. The number of ether oxygens (including phenoxy) is 5. The minimum atomic E-state index is -1.23. The molecule has 0 aromatic heterocycles. The van der Waals surface area contributed by atoms with Crippen LogP contribution in [-0.4, -0.2) is 70.1 Å². The molecule has 9 nitrogen and oxygen atoms in total. The molecule has 0 unspecified atom stereocenters. The molecule has 0 bridgehead atoms. The summed E-state index contributed by atoms with van der Waals surface area (Å²) in [6.07, 6.45) is 0. The third-order valence-electron chi connectivity index (χ3n) is 8.16. The van der Waals surface area contributed by atoms with E-state index >= 15 is 0 Å². The summed E-state index contributed by atoms with van der Waals surface area (Å²) in [4.78, 5) is 31.0. The van der Waals surface area contributed by atoms with Gasteiger partial charge in [-0.25, -0.2) is 9.59 Å². The van der Waals surface area contributed by atoms with Crippen LogP contribution in [0.1, 0.15) is 58.2 Å². The van der Waals surface area contributed by atoms with Crippen LogP contribution < -0.4 is 14.5 Å². The third-order valence-corrected chi connectivity index (χ3v) is 8.16. The summed E-state index contributed by atoms with van der Waals surface area (Å²) in [5, 5.41) is 0. The van der Waals surface area contributed by atoms with Crippen LogP contribution in [0.2, 0.25) is 0 Å². The highest BCUT2D eigenvalue weighted by Crippen LogP contribution is 2.57. The van der Waals surface area contributed by atoms with Crippen molar-refractivity contribution in [2.75, 3.05) is 62.4 Å². The lowest BCUT2D eigenvalue weighted by molar-refractivity contribution is 0.00690. The quantitative estimate of drug-likeness (QED) is 0.409. The second-order valence-electron chi connectivity index (χ2n) is 12.0. The lowest BCUT2D eigenvalue weighted by Gasteiger charge is -2.38. The van der Waals surface area contributed by atoms with E-state index in [1.165, 1.54) is 0 Å². The lowest BCUT2D eigenvalue weighted by atomic mass is 9.77. The predicted octanol–water partition coefficient (Wildman–Crippen LogP) is 4.88. The number of carbonyl (C=O) groups excluding carboxylic acids is 2. The Morgan fingerprint density at radius 3 is 1.81 bits per heavy atom. The number of fused-ring (bicyclic) bond motifs is 6. The van der Waals surface area contributed by atoms with E-state index in [0.717, 1.165) is 48.7 Å². The van der Waals surface area contributed by atoms with E-state index in [1.807, 2.05) is 63.2 Å². The molecule has 2 fully saturated rings. The molecular formula is C33H34N2O7. The molecule has 9 heteroatoms. The molecule has 4 aliphatic heterocycles. The van der Waals surface area contributed by atoms with Crippen LogP contribution in [0.15, 0.2) is 54.6 Å². The van der Waals surface area contributed by atoms with Crippen LogP contribution in [0.3, 0.4) is 0 Å². The molecular weight excluding hydrogens is 536 g/mol. The molecule has 4 heterocycles. The first-order valence-corrected chi connectivity index (χ1v) is 14.5. The lowest BCUT2D eigenvalue weighted by Crippen LogP contribution is -2.37. The standard InChI is InChI=1S/C33H34N2O7/c1-32(2,3)41-30(36)21-4-7-25-24(18-21)31(37)42-33(25)26-8-5-22(34-10-14-38-15-11-34)19-28(26)40-29-20-23(6-9-27(29)33)35-12-16-39-17-13-35/h4-9,18-20H,10-17H2,1-3H3. The van der Waals surface area contributed by atoms with E-state index in [1.54, 1.807) is 12.1 Å². The minimum absolute atomic E-state index is 0.301. The number of morpholine rings is 2. The number of benzene rings is 3. The predicted molar refractivity (Wildman–Crippen MR) is 156 cm³/mol. The van der Waals surface area contributed by atoms with Gasteiger partial charge in [-0.05, 0) is 57.2 Å². The number of hydrogen-bond donors (Lipinski definition) is 0. The van der Waals surface area contributed by atoms with E-state index < -0.39 is 23.1 Å². The van der Waals surface area contributed by atoms with Crippen molar-refractivity contribution in [1.29, 1.82) is 0 Å². The van der Waals surface area contributed by atoms with Crippen molar-refractivity contribution in [3.05, 3.63) is 82.4 Å². The Morgan fingerprint density at radius 2 is 1.29 bits per heavy atom. The van der Waals surface area contributed by atoms with Gasteiger partial charge in [-0.2, -0.15) is 0 Å². The fraction of sp³-hybridized carbons (Fsp3) is 0.394. The Hall–Kier alpha value is -4.08. The highest BCUT2D eigenvalue weighted by atomic mass is 16.6. The van der Waals surface area contributed by atoms with Gasteiger partial charge in [0, 0.05) is 66.4 Å². The molecule has 0 amide bonds. The molecule has 3 aromatic rings. The van der Waals surface area contributed by atoms with Gasteiger partial charge in [0.1, 0.15) is 17.1 Å². The summed E-state index contributed by atoms with van der Waals surface area (Å²) in [5.74, 6) is 0.269. The molecule has 2 saturated heterocycles. The van der Waals surface area contributed by atoms with Crippen LogP contribution in [0.25, 0.3) is 0 Å². The van der Waals surface area contributed by atoms with Crippen molar-refractivity contribution in [2.45, 2.75) is 32.0 Å². The summed E-state index contributed by atoms with van der Waals surface area (Å²) < 4.78 is 29.7. The van der Waals surface area contributed by atoms with Crippen molar-refractivity contribution < 1.29 is 33.3 Å². The largest absolute Gasteiger partial charge is 0.456 e. The van der Waals surface area contributed by atoms with Gasteiger partial charge in [-0.15, -0.1) is 0 Å². The molecule has 0 saturated carbocycles. The maximum absolute atomic E-state index is 13.6. The number of esters is 2. The zero-order chi connectivity index (χ0) is 29.1. The molecule has 1 spiro atoms. The SMILES string of the molecule is CC(C)(C)OC(=O)c1ccc2c(c1)C(=O)OC21c2ccc(N3CCOCC3)cc2Oc2cc(N3CCOCC3)ccc21. The average molecular weight is 571 g/mol. The Morgan fingerprint density at radius 1 is 0.762 bits per heavy atom. The third kappa shape index (κ3) is 4.48. The molecule has 218 valence electrons. The Labute approximate surface area is 244 Å². The smallest absolute Gasteiger partial charge is 0.340 e. The average Bonchev–Trinajstić information content (AvgIpc) is 3.28. The van der Waals surface area contributed by atoms with Crippen LogP contribution in [0.4, 0.5) is 11.4 Å². The van der Waals surface area contributed by atoms with Gasteiger partial charge >= 0.3 is 11.9 Å². The Balaban J connectivity index is 1.37. The first-order chi connectivity index (χ1) is 20.2. The molecule has 0 radical (unpaired) electrons. The summed E-state index contributed by atoms with van der Waals surface area (Å²) in [7, 11) is 0. The van der Waals surface area contributed by atoms with E-state index in [9.17, 15) is 9.59 Å². The molecule has 0 N–H and O–H groups in total. The van der Waals surface area contributed by atoms with Gasteiger partial charge in [0.25, 0.3) is 0 Å². The zero-order valence-electron chi connectivity index (χ0n) is 24.1. The zero-order valence-corrected chi connectivity index (χ0v) is 24.1. The summed E-state index contributed by atoms with van der Waals surface area (Å²) in [6.45, 7) is 11.2. The topological polar surface area (TPSA) is 86.8 Å². The molecule has 0 atom stereocenters. The summed E-state index contributed by atoms with van der Waals surface area (Å²) in [6, 6.07) is 17.2. The Kier molecular flexibility index (Phi) is 6.40. The maximum atomic E-state index is 13.6. The molecule has 3 aromatic carbocycles. The normalized spacial score (nSPS) is 19.0. The first kappa shape index (κ1) is 26.8. The number of carbonyl (C=O) groups is 2. The van der Waals surface area contributed by atoms with E-state index in [4.69, 9.17) is 23.7 Å². The second kappa shape index (κ2) is 10.0. The monoisotopic (exact) mass is 570 g/mol. The van der Waals surface area contributed by atoms with Crippen LogP contribution >= 0.6 is 0 Å². The van der Waals surface area contributed by atoms with Gasteiger partial charge in [-0.3, -0.25) is 0 Å². The van der Waals surface area contributed by atoms with Crippen LogP contribution in [0, 0.1) is 0 Å².